The van der Waals surface area contributed by atoms with Gasteiger partial charge in [-0.2, -0.15) is 11.8 Å². The molecule has 2 N–H and O–H groups in total. The van der Waals surface area contributed by atoms with Crippen molar-refractivity contribution in [2.24, 2.45) is 4.99 Å². The molecule has 0 heterocycles. The fourth-order valence-electron chi connectivity index (χ4n) is 1.72. The molecule has 1 aromatic carbocycles. The van der Waals surface area contributed by atoms with Gasteiger partial charge in [0.1, 0.15) is 0 Å². The molecule has 0 amide bonds. The Kier molecular flexibility index (Phi) is 7.85. The monoisotopic (exact) mass is 313 g/mol. The highest BCUT2D eigenvalue weighted by molar-refractivity contribution is 7.99. The molecule has 112 valence electrons. The molecule has 0 aliphatic carbocycles. The number of hydrogen-bond acceptors (Lipinski definition) is 2. The van der Waals surface area contributed by atoms with Crippen LogP contribution < -0.4 is 10.6 Å². The van der Waals surface area contributed by atoms with Crippen molar-refractivity contribution in [1.29, 1.82) is 0 Å². The van der Waals surface area contributed by atoms with Gasteiger partial charge in [-0.15, -0.1) is 0 Å². The van der Waals surface area contributed by atoms with E-state index in [0.29, 0.717) is 5.25 Å². The van der Waals surface area contributed by atoms with Gasteiger partial charge in [0.2, 0.25) is 0 Å². The molecule has 1 rings (SSSR count). The van der Waals surface area contributed by atoms with E-state index in [1.807, 2.05) is 36.0 Å². The van der Waals surface area contributed by atoms with Gasteiger partial charge in [-0.25, -0.2) is 0 Å². The third-order valence-corrected chi connectivity index (χ3v) is 4.28. The molecule has 2 atom stereocenters. The summed E-state index contributed by atoms with van der Waals surface area (Å²) in [6.07, 6.45) is 2.10. The second-order valence-corrected chi connectivity index (χ2v) is 6.34. The van der Waals surface area contributed by atoms with Gasteiger partial charge in [0, 0.05) is 16.8 Å². The molecule has 0 bridgehead atoms. The van der Waals surface area contributed by atoms with Crippen LogP contribution in [0.5, 0.6) is 0 Å². The summed E-state index contributed by atoms with van der Waals surface area (Å²) in [5.41, 5.74) is 1.08. The summed E-state index contributed by atoms with van der Waals surface area (Å²) < 4.78 is 0. The Morgan fingerprint density at radius 2 is 2.05 bits per heavy atom. The van der Waals surface area contributed by atoms with Gasteiger partial charge in [-0.1, -0.05) is 36.7 Å². The number of benzene rings is 1. The van der Waals surface area contributed by atoms with Crippen molar-refractivity contribution in [2.75, 3.05) is 19.3 Å². The van der Waals surface area contributed by atoms with Gasteiger partial charge in [0.15, 0.2) is 5.96 Å². The van der Waals surface area contributed by atoms with E-state index in [-0.39, 0.29) is 6.04 Å². The average Bonchev–Trinajstić information content (AvgIpc) is 2.44. The summed E-state index contributed by atoms with van der Waals surface area (Å²) in [6, 6.07) is 8.01. The molecule has 0 saturated carbocycles. The van der Waals surface area contributed by atoms with E-state index in [2.05, 4.69) is 42.7 Å². The fourth-order valence-corrected chi connectivity index (χ4v) is 2.25. The van der Waals surface area contributed by atoms with Gasteiger partial charge in [-0.3, -0.25) is 4.99 Å². The SMILES string of the molecule is CCNC(=NCC(C)SC)NC(C)c1ccccc1Cl. The van der Waals surface area contributed by atoms with Gasteiger partial charge >= 0.3 is 0 Å². The molecule has 2 unspecified atom stereocenters. The molecule has 0 aromatic heterocycles. The lowest BCUT2D eigenvalue weighted by molar-refractivity contribution is 0.686. The first-order valence-corrected chi connectivity index (χ1v) is 8.57. The molecule has 3 nitrogen and oxygen atoms in total. The fraction of sp³-hybridized carbons (Fsp3) is 0.533. The highest BCUT2D eigenvalue weighted by Gasteiger charge is 2.10. The molecule has 1 aromatic rings. The van der Waals surface area contributed by atoms with Gasteiger partial charge < -0.3 is 10.6 Å². The topological polar surface area (TPSA) is 36.4 Å². The van der Waals surface area contributed by atoms with Crippen molar-refractivity contribution < 1.29 is 0 Å². The van der Waals surface area contributed by atoms with Gasteiger partial charge in [-0.05, 0) is 31.7 Å². The zero-order chi connectivity index (χ0) is 15.0. The third-order valence-electron chi connectivity index (χ3n) is 2.98. The predicted molar refractivity (Wildman–Crippen MR) is 92.0 cm³/mol. The lowest BCUT2D eigenvalue weighted by atomic mass is 10.1. The van der Waals surface area contributed by atoms with E-state index in [4.69, 9.17) is 11.6 Å². The van der Waals surface area contributed by atoms with Crippen LogP contribution in [0.15, 0.2) is 29.3 Å². The predicted octanol–water partition coefficient (Wildman–Crippen LogP) is 3.71. The Hall–Kier alpha value is -0.870. The summed E-state index contributed by atoms with van der Waals surface area (Å²) in [5.74, 6) is 0.834. The minimum absolute atomic E-state index is 0.117. The Labute approximate surface area is 131 Å². The third kappa shape index (κ3) is 5.63. The molecular formula is C15H24ClN3S. The molecule has 0 saturated heterocycles. The second kappa shape index (κ2) is 9.14. The summed E-state index contributed by atoms with van der Waals surface area (Å²) in [7, 11) is 0. The number of aliphatic imine (C=N–C) groups is 1. The maximum atomic E-state index is 6.23. The van der Waals surface area contributed by atoms with Crippen molar-refractivity contribution in [1.82, 2.24) is 10.6 Å². The van der Waals surface area contributed by atoms with Crippen LogP contribution in [0, 0.1) is 0 Å². The van der Waals surface area contributed by atoms with Gasteiger partial charge in [0.05, 0.1) is 12.6 Å². The van der Waals surface area contributed by atoms with Gasteiger partial charge in [0.25, 0.3) is 0 Å². The van der Waals surface area contributed by atoms with E-state index >= 15 is 0 Å². The summed E-state index contributed by atoms with van der Waals surface area (Å²) in [4.78, 5) is 4.61. The number of hydrogen-bond donors (Lipinski definition) is 2. The zero-order valence-corrected chi connectivity index (χ0v) is 14.2. The highest BCUT2D eigenvalue weighted by Crippen LogP contribution is 2.21. The first-order valence-electron chi connectivity index (χ1n) is 6.90. The molecule has 20 heavy (non-hydrogen) atoms. The van der Waals surface area contributed by atoms with Crippen LogP contribution in [0.3, 0.4) is 0 Å². The first-order chi connectivity index (χ1) is 9.58. The largest absolute Gasteiger partial charge is 0.357 e. The number of nitrogens with one attached hydrogen (secondary N) is 2. The van der Waals surface area contributed by atoms with Crippen LogP contribution in [0.1, 0.15) is 32.4 Å². The molecule has 5 heteroatoms. The lowest BCUT2D eigenvalue weighted by Crippen LogP contribution is -2.39. The van der Waals surface area contributed by atoms with Crippen LogP contribution in [0.4, 0.5) is 0 Å². The minimum atomic E-state index is 0.117. The summed E-state index contributed by atoms with van der Waals surface area (Å²) in [5, 5.41) is 7.96. The van der Waals surface area contributed by atoms with E-state index < -0.39 is 0 Å². The number of thioether (sulfide) groups is 1. The van der Waals surface area contributed by atoms with Crippen molar-refractivity contribution in [2.45, 2.75) is 32.1 Å². The highest BCUT2D eigenvalue weighted by atomic mass is 35.5. The standard InChI is InChI=1S/C15H24ClN3S/c1-5-17-15(18-10-11(2)20-4)19-12(3)13-8-6-7-9-14(13)16/h6-9,11-12H,5,10H2,1-4H3,(H2,17,18,19). The normalized spacial score (nSPS) is 14.8. The van der Waals surface area contributed by atoms with Crippen molar-refractivity contribution in [3.63, 3.8) is 0 Å². The van der Waals surface area contributed by atoms with E-state index in [0.717, 1.165) is 29.6 Å². The van der Waals surface area contributed by atoms with Crippen LogP contribution in [0.25, 0.3) is 0 Å². The Balaban J connectivity index is 2.72. The maximum absolute atomic E-state index is 6.23. The zero-order valence-electron chi connectivity index (χ0n) is 12.6. The number of halogens is 1. The summed E-state index contributed by atoms with van der Waals surface area (Å²) in [6.45, 7) is 7.97. The quantitative estimate of drug-likeness (QED) is 0.621. The van der Waals surface area contributed by atoms with E-state index in [9.17, 15) is 0 Å². The molecule has 0 radical (unpaired) electrons. The average molecular weight is 314 g/mol. The van der Waals surface area contributed by atoms with Crippen molar-refractivity contribution in [3.8, 4) is 0 Å². The molecule has 0 spiro atoms. The second-order valence-electron chi connectivity index (χ2n) is 4.65. The minimum Gasteiger partial charge on any atom is -0.357 e. The number of guanidine groups is 1. The molecule has 0 aliphatic rings. The van der Waals surface area contributed by atoms with Crippen LogP contribution in [0.2, 0.25) is 5.02 Å². The molecular weight excluding hydrogens is 290 g/mol. The maximum Gasteiger partial charge on any atom is 0.191 e. The Bertz CT molecular complexity index is 437. The van der Waals surface area contributed by atoms with Crippen molar-refractivity contribution >= 4 is 29.3 Å². The van der Waals surface area contributed by atoms with Crippen LogP contribution in [-0.2, 0) is 0 Å². The number of rotatable bonds is 6. The molecule has 0 aliphatic heterocycles. The number of nitrogens with zero attached hydrogens (tertiary/aromatic N) is 1. The van der Waals surface area contributed by atoms with E-state index in [1.54, 1.807) is 0 Å². The van der Waals surface area contributed by atoms with Crippen LogP contribution in [-0.4, -0.2) is 30.6 Å². The Morgan fingerprint density at radius 1 is 1.35 bits per heavy atom. The lowest BCUT2D eigenvalue weighted by Gasteiger charge is -2.19. The molecule has 0 fully saturated rings. The van der Waals surface area contributed by atoms with Crippen LogP contribution >= 0.6 is 23.4 Å². The first kappa shape index (κ1) is 17.2. The Morgan fingerprint density at radius 3 is 2.65 bits per heavy atom. The van der Waals surface area contributed by atoms with Crippen molar-refractivity contribution in [3.05, 3.63) is 34.9 Å². The van der Waals surface area contributed by atoms with E-state index in [1.165, 1.54) is 0 Å². The smallest absolute Gasteiger partial charge is 0.191 e. The summed E-state index contributed by atoms with van der Waals surface area (Å²) >= 11 is 8.04.